The molecule has 10 atom stereocenters. The Hall–Kier alpha value is -1.70. The summed E-state index contributed by atoms with van der Waals surface area (Å²) in [6, 6.07) is 0. The standard InChI is InChI=1S/C20H24O9.2H2O/c1-7-4-10(21)13(23)17(3)9(7)5-11-18-6-28-20(27,16(17)18)12(22)8(2)19(18,26)14(24)15(25)29-11;;/h4,9,11-14,16,22-24,26-27H,2,5-6H2,1,3H3;2*1H2/t9?,11?,12?,13?,14?,16?,17-,18-,19+,20+;;/m1../s1. The Labute approximate surface area is 177 Å². The van der Waals surface area contributed by atoms with E-state index in [4.69, 9.17) is 9.47 Å². The number of carbonyl (C=O) groups is 2. The minimum absolute atomic E-state index is 0. The van der Waals surface area contributed by atoms with Gasteiger partial charge in [0.2, 0.25) is 5.79 Å². The van der Waals surface area contributed by atoms with Crippen LogP contribution in [0.5, 0.6) is 0 Å². The molecule has 2 bridgehead atoms. The van der Waals surface area contributed by atoms with Crippen LogP contribution in [0.15, 0.2) is 23.8 Å². The molecule has 5 aliphatic rings. The van der Waals surface area contributed by atoms with Gasteiger partial charge in [-0.05, 0) is 30.9 Å². The van der Waals surface area contributed by atoms with E-state index in [0.29, 0.717) is 5.57 Å². The number of ketones is 1. The molecule has 3 aliphatic carbocycles. The van der Waals surface area contributed by atoms with Gasteiger partial charge >= 0.3 is 5.97 Å². The van der Waals surface area contributed by atoms with Gasteiger partial charge in [0.1, 0.15) is 23.9 Å². The molecule has 31 heavy (non-hydrogen) atoms. The lowest BCUT2D eigenvalue weighted by Crippen LogP contribution is -2.82. The first-order valence-corrected chi connectivity index (χ1v) is 9.63. The van der Waals surface area contributed by atoms with Crippen molar-refractivity contribution in [1.29, 1.82) is 0 Å². The van der Waals surface area contributed by atoms with Gasteiger partial charge in [0, 0.05) is 11.3 Å². The van der Waals surface area contributed by atoms with Crippen LogP contribution in [-0.2, 0) is 19.1 Å². The van der Waals surface area contributed by atoms with Gasteiger partial charge in [-0.2, -0.15) is 0 Å². The predicted octanol–water partition coefficient (Wildman–Crippen LogP) is -3.48. The summed E-state index contributed by atoms with van der Waals surface area (Å²) in [6.45, 7) is 6.62. The van der Waals surface area contributed by atoms with Crippen molar-refractivity contribution in [2.45, 2.75) is 56.1 Å². The van der Waals surface area contributed by atoms with Crippen molar-refractivity contribution in [3.8, 4) is 0 Å². The molecule has 2 saturated heterocycles. The second-order valence-electron chi connectivity index (χ2n) is 9.38. The highest BCUT2D eigenvalue weighted by molar-refractivity contribution is 5.96. The van der Waals surface area contributed by atoms with E-state index in [0.717, 1.165) is 0 Å². The quantitative estimate of drug-likeness (QED) is 0.185. The normalized spacial score (nSPS) is 54.5. The third-order valence-electron chi connectivity index (χ3n) is 8.44. The largest absolute Gasteiger partial charge is 0.460 e. The van der Waals surface area contributed by atoms with Crippen molar-refractivity contribution in [1.82, 2.24) is 0 Å². The fraction of sp³-hybridized carbons (Fsp3) is 0.700. The van der Waals surface area contributed by atoms with Gasteiger partial charge in [0.05, 0.1) is 12.0 Å². The van der Waals surface area contributed by atoms with Gasteiger partial charge in [0.25, 0.3) is 0 Å². The molecule has 4 fully saturated rings. The van der Waals surface area contributed by atoms with Crippen LogP contribution in [0.4, 0.5) is 0 Å². The van der Waals surface area contributed by atoms with E-state index in [1.54, 1.807) is 13.8 Å². The minimum Gasteiger partial charge on any atom is -0.460 e. The van der Waals surface area contributed by atoms with Gasteiger partial charge in [-0.25, -0.2) is 4.79 Å². The molecule has 0 aromatic heterocycles. The summed E-state index contributed by atoms with van der Waals surface area (Å²) in [5, 5.41) is 55.7. The number of fused-ring (bicyclic) bond motifs is 1. The summed E-state index contributed by atoms with van der Waals surface area (Å²) in [5.74, 6) is -5.66. The molecular weight excluding hydrogens is 416 g/mol. The molecule has 174 valence electrons. The second-order valence-corrected chi connectivity index (χ2v) is 9.38. The highest BCUT2D eigenvalue weighted by Crippen LogP contribution is 2.74. The van der Waals surface area contributed by atoms with Crippen LogP contribution in [0.2, 0.25) is 0 Å². The summed E-state index contributed by atoms with van der Waals surface area (Å²) < 4.78 is 11.1. The van der Waals surface area contributed by atoms with Crippen LogP contribution in [0, 0.1) is 22.7 Å². The number of rotatable bonds is 0. The third-order valence-corrected chi connectivity index (χ3v) is 8.44. The molecule has 0 aromatic rings. The van der Waals surface area contributed by atoms with Crippen molar-refractivity contribution < 1.29 is 55.5 Å². The first kappa shape index (κ1) is 24.0. The van der Waals surface area contributed by atoms with E-state index in [1.807, 2.05) is 0 Å². The Kier molecular flexibility index (Phi) is 4.96. The number of hydrogen-bond acceptors (Lipinski definition) is 9. The Morgan fingerprint density at radius 1 is 1.10 bits per heavy atom. The van der Waals surface area contributed by atoms with E-state index < -0.39 is 70.2 Å². The van der Waals surface area contributed by atoms with Gasteiger partial charge < -0.3 is 46.0 Å². The van der Waals surface area contributed by atoms with E-state index in [-0.39, 0.29) is 29.6 Å². The number of aliphatic hydroxyl groups excluding tert-OH is 3. The summed E-state index contributed by atoms with van der Waals surface area (Å²) >= 11 is 0. The molecule has 6 unspecified atom stereocenters. The first-order valence-electron chi connectivity index (χ1n) is 9.63. The van der Waals surface area contributed by atoms with Crippen LogP contribution in [0.25, 0.3) is 0 Å². The second kappa shape index (κ2) is 6.42. The lowest BCUT2D eigenvalue weighted by Gasteiger charge is -2.69. The molecule has 2 saturated carbocycles. The average molecular weight is 444 g/mol. The number of ether oxygens (including phenoxy) is 2. The number of aliphatic hydroxyl groups is 5. The molecule has 9 N–H and O–H groups in total. The fourth-order valence-corrected chi connectivity index (χ4v) is 7.19. The molecule has 2 heterocycles. The zero-order valence-electron chi connectivity index (χ0n) is 17.0. The monoisotopic (exact) mass is 444 g/mol. The third kappa shape index (κ3) is 2.11. The Morgan fingerprint density at radius 3 is 2.32 bits per heavy atom. The van der Waals surface area contributed by atoms with Crippen molar-refractivity contribution in [3.63, 3.8) is 0 Å². The Morgan fingerprint density at radius 2 is 1.71 bits per heavy atom. The SMILES string of the molecule is C=C1C(O)[C@]2(O)OC[C@@]34C(CC5C(C)=CC(=O)C(O)[C@]5(C)C23)OC(=O)C(O)[C@@]14O.O.O. The number of hydrogen-bond donors (Lipinski definition) is 5. The fourth-order valence-electron chi connectivity index (χ4n) is 7.19. The minimum atomic E-state index is -2.37. The number of carbonyl (C=O) groups excluding carboxylic acids is 2. The van der Waals surface area contributed by atoms with Crippen LogP contribution in [0.1, 0.15) is 20.3 Å². The van der Waals surface area contributed by atoms with Gasteiger partial charge in [-0.3, -0.25) is 4.79 Å². The Balaban J connectivity index is 0.00000136. The first-order chi connectivity index (χ1) is 13.4. The zero-order chi connectivity index (χ0) is 21.3. The van der Waals surface area contributed by atoms with E-state index in [9.17, 15) is 35.1 Å². The van der Waals surface area contributed by atoms with E-state index in [1.165, 1.54) is 6.08 Å². The van der Waals surface area contributed by atoms with Crippen molar-refractivity contribution in [2.24, 2.45) is 22.7 Å². The Bertz CT molecular complexity index is 900. The predicted molar refractivity (Wildman–Crippen MR) is 101 cm³/mol. The topological polar surface area (TPSA) is 217 Å². The lowest BCUT2D eigenvalue weighted by molar-refractivity contribution is -0.337. The molecular formula is C20H28O11. The number of allylic oxidation sites excluding steroid dienone is 1. The van der Waals surface area contributed by atoms with Crippen LogP contribution < -0.4 is 0 Å². The summed E-state index contributed by atoms with van der Waals surface area (Å²) in [4.78, 5) is 25.0. The molecule has 5 rings (SSSR count). The molecule has 0 amide bonds. The summed E-state index contributed by atoms with van der Waals surface area (Å²) in [6.07, 6.45) is -5.01. The molecule has 0 radical (unpaired) electrons. The molecule has 2 aliphatic heterocycles. The van der Waals surface area contributed by atoms with Crippen molar-refractivity contribution in [2.75, 3.05) is 6.61 Å². The molecule has 0 aromatic carbocycles. The van der Waals surface area contributed by atoms with Crippen LogP contribution >= 0.6 is 0 Å². The maximum Gasteiger partial charge on any atom is 0.338 e. The number of esters is 1. The van der Waals surface area contributed by atoms with Gasteiger partial charge in [-0.1, -0.05) is 19.1 Å². The van der Waals surface area contributed by atoms with Crippen LogP contribution in [-0.4, -0.2) is 90.6 Å². The maximum atomic E-state index is 12.5. The lowest BCUT2D eigenvalue weighted by atomic mass is 9.37. The van der Waals surface area contributed by atoms with Gasteiger partial charge in [-0.15, -0.1) is 0 Å². The molecule has 11 nitrogen and oxygen atoms in total. The summed E-state index contributed by atoms with van der Waals surface area (Å²) in [7, 11) is 0. The molecule has 1 spiro atoms. The maximum absolute atomic E-state index is 12.5. The summed E-state index contributed by atoms with van der Waals surface area (Å²) in [5.41, 5.74) is -5.06. The smallest absolute Gasteiger partial charge is 0.338 e. The molecule has 11 heteroatoms. The average Bonchev–Trinajstić information content (AvgIpc) is 2.98. The van der Waals surface area contributed by atoms with Crippen molar-refractivity contribution in [3.05, 3.63) is 23.8 Å². The highest BCUT2D eigenvalue weighted by Gasteiger charge is 2.87. The highest BCUT2D eigenvalue weighted by atomic mass is 16.7. The van der Waals surface area contributed by atoms with Gasteiger partial charge in [0.15, 0.2) is 11.9 Å². The van der Waals surface area contributed by atoms with Crippen LogP contribution in [0.3, 0.4) is 0 Å². The van der Waals surface area contributed by atoms with E-state index in [2.05, 4.69) is 6.58 Å². The van der Waals surface area contributed by atoms with E-state index >= 15 is 0 Å². The zero-order valence-corrected chi connectivity index (χ0v) is 17.0. The van der Waals surface area contributed by atoms with Crippen molar-refractivity contribution >= 4 is 11.8 Å².